The molecule has 20 heavy (non-hydrogen) atoms. The molecule has 1 fully saturated rings. The Hall–Kier alpha value is -2.15. The van der Waals surface area contributed by atoms with Crippen LogP contribution in [0.5, 0.6) is 0 Å². The Balaban J connectivity index is 2.43. The number of carbonyl (C=O) groups is 2. The van der Waals surface area contributed by atoms with Gasteiger partial charge in [-0.3, -0.25) is 9.59 Å². The van der Waals surface area contributed by atoms with Crippen LogP contribution in [-0.4, -0.2) is 18.9 Å². The Morgan fingerprint density at radius 3 is 2.75 bits per heavy atom. The summed E-state index contributed by atoms with van der Waals surface area (Å²) in [7, 11) is 1.27. The van der Waals surface area contributed by atoms with Crippen molar-refractivity contribution in [3.63, 3.8) is 0 Å². The molecular weight excluding hydrogens is 254 g/mol. The van der Waals surface area contributed by atoms with Crippen molar-refractivity contribution in [1.82, 2.24) is 0 Å². The van der Waals surface area contributed by atoms with Crippen LogP contribution in [0.4, 0.5) is 0 Å². The summed E-state index contributed by atoms with van der Waals surface area (Å²) in [5, 5.41) is 9.66. The van der Waals surface area contributed by atoms with Crippen LogP contribution in [0, 0.1) is 24.2 Å². The SMILES string of the molecule is COC(=O)[C@H]1C[C@](C#N)(c2ccccc2C)CCC1=O. The highest BCUT2D eigenvalue weighted by atomic mass is 16.5. The van der Waals surface area contributed by atoms with Crippen molar-refractivity contribution in [2.24, 2.45) is 5.92 Å². The number of rotatable bonds is 2. The van der Waals surface area contributed by atoms with Gasteiger partial charge in [-0.1, -0.05) is 24.3 Å². The monoisotopic (exact) mass is 271 g/mol. The Kier molecular flexibility index (Phi) is 3.89. The van der Waals surface area contributed by atoms with Gasteiger partial charge in [-0.2, -0.15) is 5.26 Å². The van der Waals surface area contributed by atoms with Gasteiger partial charge in [0, 0.05) is 6.42 Å². The maximum atomic E-state index is 11.9. The van der Waals surface area contributed by atoms with Gasteiger partial charge in [0.1, 0.15) is 11.7 Å². The van der Waals surface area contributed by atoms with Gasteiger partial charge in [-0.05, 0) is 30.9 Å². The van der Waals surface area contributed by atoms with Crippen LogP contribution in [-0.2, 0) is 19.7 Å². The summed E-state index contributed by atoms with van der Waals surface area (Å²) in [6.07, 6.45) is 0.905. The minimum absolute atomic E-state index is 0.128. The minimum atomic E-state index is -0.826. The van der Waals surface area contributed by atoms with E-state index in [1.54, 1.807) is 0 Å². The van der Waals surface area contributed by atoms with Crippen LogP contribution >= 0.6 is 0 Å². The highest BCUT2D eigenvalue weighted by Gasteiger charge is 2.45. The number of ketones is 1. The molecule has 0 saturated heterocycles. The fourth-order valence-electron chi connectivity index (χ4n) is 2.95. The molecule has 1 saturated carbocycles. The van der Waals surface area contributed by atoms with Crippen LogP contribution < -0.4 is 0 Å². The number of nitrogens with zero attached hydrogens (tertiary/aromatic N) is 1. The summed E-state index contributed by atoms with van der Waals surface area (Å²) >= 11 is 0. The van der Waals surface area contributed by atoms with Crippen molar-refractivity contribution in [1.29, 1.82) is 5.26 Å². The topological polar surface area (TPSA) is 67.2 Å². The number of aryl methyl sites for hydroxylation is 1. The highest BCUT2D eigenvalue weighted by Crippen LogP contribution is 2.41. The third-order valence-electron chi connectivity index (χ3n) is 4.10. The third kappa shape index (κ3) is 2.32. The molecule has 0 heterocycles. The van der Waals surface area contributed by atoms with Gasteiger partial charge >= 0.3 is 5.97 Å². The zero-order valence-electron chi connectivity index (χ0n) is 11.7. The average molecular weight is 271 g/mol. The molecule has 0 unspecified atom stereocenters. The first-order valence-corrected chi connectivity index (χ1v) is 6.62. The third-order valence-corrected chi connectivity index (χ3v) is 4.10. The molecule has 4 heteroatoms. The second-order valence-corrected chi connectivity index (χ2v) is 5.26. The van der Waals surface area contributed by atoms with Gasteiger partial charge in [0.15, 0.2) is 0 Å². The van der Waals surface area contributed by atoms with Crippen molar-refractivity contribution in [2.45, 2.75) is 31.6 Å². The lowest BCUT2D eigenvalue weighted by Crippen LogP contribution is -2.40. The molecule has 0 aliphatic heterocycles. The van der Waals surface area contributed by atoms with E-state index in [2.05, 4.69) is 6.07 Å². The second-order valence-electron chi connectivity index (χ2n) is 5.26. The summed E-state index contributed by atoms with van der Waals surface area (Å²) in [6.45, 7) is 1.94. The quantitative estimate of drug-likeness (QED) is 0.611. The molecule has 0 N–H and O–H groups in total. The number of benzene rings is 1. The van der Waals surface area contributed by atoms with Gasteiger partial charge in [-0.25, -0.2) is 0 Å². The van der Waals surface area contributed by atoms with Gasteiger partial charge in [0.25, 0.3) is 0 Å². The molecular formula is C16H17NO3. The molecule has 1 aliphatic rings. The van der Waals surface area contributed by atoms with E-state index < -0.39 is 17.3 Å². The molecule has 1 aliphatic carbocycles. The lowest BCUT2D eigenvalue weighted by atomic mass is 9.65. The first-order chi connectivity index (χ1) is 9.54. The lowest BCUT2D eigenvalue weighted by molar-refractivity contribution is -0.151. The van der Waals surface area contributed by atoms with E-state index in [9.17, 15) is 14.9 Å². The number of nitriles is 1. The number of methoxy groups -OCH3 is 1. The highest BCUT2D eigenvalue weighted by molar-refractivity contribution is 6.00. The van der Waals surface area contributed by atoms with Crippen molar-refractivity contribution in [3.05, 3.63) is 35.4 Å². The van der Waals surface area contributed by atoms with Crippen LogP contribution in [0.25, 0.3) is 0 Å². The average Bonchev–Trinajstić information content (AvgIpc) is 2.48. The Labute approximate surface area is 118 Å². The van der Waals surface area contributed by atoms with Crippen LogP contribution in [0.3, 0.4) is 0 Å². The van der Waals surface area contributed by atoms with Gasteiger partial charge in [0.05, 0.1) is 18.6 Å². The summed E-state index contributed by atoms with van der Waals surface area (Å²) in [5.74, 6) is -1.49. The molecule has 2 atom stereocenters. The summed E-state index contributed by atoms with van der Waals surface area (Å²) in [5.41, 5.74) is 1.13. The zero-order valence-corrected chi connectivity index (χ0v) is 11.7. The standard InChI is InChI=1S/C16H17NO3/c1-11-5-3-4-6-13(11)16(10-17)8-7-14(18)12(9-16)15(19)20-2/h3-6,12H,7-9H2,1-2H3/t12-,16+/m0/s1. The molecule has 0 aromatic heterocycles. The maximum absolute atomic E-state index is 11.9. The molecule has 1 aromatic carbocycles. The molecule has 2 rings (SSSR count). The first-order valence-electron chi connectivity index (χ1n) is 6.62. The molecule has 0 bridgehead atoms. The fourth-order valence-corrected chi connectivity index (χ4v) is 2.95. The van der Waals surface area contributed by atoms with Gasteiger partial charge in [-0.15, -0.1) is 0 Å². The van der Waals surface area contributed by atoms with Crippen LogP contribution in [0.1, 0.15) is 30.4 Å². The molecule has 1 aromatic rings. The molecule has 4 nitrogen and oxygen atoms in total. The van der Waals surface area contributed by atoms with Crippen molar-refractivity contribution < 1.29 is 14.3 Å². The number of hydrogen-bond donors (Lipinski definition) is 0. The van der Waals surface area contributed by atoms with E-state index in [1.807, 2.05) is 31.2 Å². The molecule has 0 radical (unpaired) electrons. The molecule has 0 spiro atoms. The summed E-state index contributed by atoms with van der Waals surface area (Å²) in [6, 6.07) is 9.98. The predicted octanol–water partition coefficient (Wildman–Crippen LogP) is 2.30. The summed E-state index contributed by atoms with van der Waals surface area (Å²) < 4.78 is 4.69. The number of Topliss-reactive ketones (excluding diaryl/α,β-unsaturated/α-hetero) is 1. The normalized spacial score (nSPS) is 25.9. The van der Waals surface area contributed by atoms with Crippen LogP contribution in [0.15, 0.2) is 24.3 Å². The van der Waals surface area contributed by atoms with E-state index in [0.717, 1.165) is 11.1 Å². The second kappa shape index (κ2) is 5.46. The van der Waals surface area contributed by atoms with Crippen molar-refractivity contribution >= 4 is 11.8 Å². The molecule has 0 amide bonds. The fraction of sp³-hybridized carbons (Fsp3) is 0.438. The van der Waals surface area contributed by atoms with E-state index in [1.165, 1.54) is 7.11 Å². The number of esters is 1. The maximum Gasteiger partial charge on any atom is 0.316 e. The minimum Gasteiger partial charge on any atom is -0.468 e. The smallest absolute Gasteiger partial charge is 0.316 e. The lowest BCUT2D eigenvalue weighted by Gasteiger charge is -2.35. The first kappa shape index (κ1) is 14.3. The number of hydrogen-bond acceptors (Lipinski definition) is 4. The Morgan fingerprint density at radius 2 is 2.15 bits per heavy atom. The van der Waals surface area contributed by atoms with Gasteiger partial charge in [0.2, 0.25) is 0 Å². The van der Waals surface area contributed by atoms with Crippen LogP contribution in [0.2, 0.25) is 0 Å². The van der Waals surface area contributed by atoms with Crippen molar-refractivity contribution in [3.8, 4) is 6.07 Å². The molecule has 104 valence electrons. The van der Waals surface area contributed by atoms with E-state index in [4.69, 9.17) is 4.74 Å². The Morgan fingerprint density at radius 1 is 1.45 bits per heavy atom. The number of ether oxygens (including phenoxy) is 1. The van der Waals surface area contributed by atoms with Crippen molar-refractivity contribution in [2.75, 3.05) is 7.11 Å². The Bertz CT molecular complexity index is 580. The predicted molar refractivity (Wildman–Crippen MR) is 72.8 cm³/mol. The van der Waals surface area contributed by atoms with E-state index >= 15 is 0 Å². The summed E-state index contributed by atoms with van der Waals surface area (Å²) in [4.78, 5) is 23.6. The van der Waals surface area contributed by atoms with E-state index in [0.29, 0.717) is 6.42 Å². The van der Waals surface area contributed by atoms with E-state index in [-0.39, 0.29) is 18.6 Å². The zero-order chi connectivity index (χ0) is 14.8. The largest absolute Gasteiger partial charge is 0.468 e. The number of carbonyl (C=O) groups excluding carboxylic acids is 2. The van der Waals surface area contributed by atoms with Gasteiger partial charge < -0.3 is 4.74 Å².